The summed E-state index contributed by atoms with van der Waals surface area (Å²) in [5.74, 6) is -1.09. The Kier molecular flexibility index (Phi) is 6.69. The third kappa shape index (κ3) is 7.40. The summed E-state index contributed by atoms with van der Waals surface area (Å²) in [5.41, 5.74) is 1.93. The molecule has 0 atom stereocenters. The molecule has 0 saturated heterocycles. The van der Waals surface area contributed by atoms with E-state index in [1.807, 2.05) is 0 Å². The highest BCUT2D eigenvalue weighted by molar-refractivity contribution is 7.92. The van der Waals surface area contributed by atoms with Crippen molar-refractivity contribution in [2.75, 3.05) is 0 Å². The maximum absolute atomic E-state index is 14.2. The zero-order chi connectivity index (χ0) is 22.6. The summed E-state index contributed by atoms with van der Waals surface area (Å²) in [7, 11) is -7.56. The summed E-state index contributed by atoms with van der Waals surface area (Å²) in [5, 5.41) is 12.0. The van der Waals surface area contributed by atoms with Gasteiger partial charge in [-0.3, -0.25) is 0 Å². The van der Waals surface area contributed by atoms with Gasteiger partial charge in [-0.05, 0) is 36.1 Å². The summed E-state index contributed by atoms with van der Waals surface area (Å²) >= 11 is 0. The van der Waals surface area contributed by atoms with Gasteiger partial charge in [0.1, 0.15) is 0 Å². The van der Waals surface area contributed by atoms with E-state index in [0.29, 0.717) is 35.4 Å². The molecule has 0 amide bonds. The number of halogens is 1. The fourth-order valence-corrected chi connectivity index (χ4v) is 4.25. The van der Waals surface area contributed by atoms with Crippen molar-refractivity contribution < 1.29 is 21.2 Å². The van der Waals surface area contributed by atoms with Crippen molar-refractivity contribution in [1.82, 2.24) is 9.97 Å². The smallest absolute Gasteiger partial charge is 0.231 e. The summed E-state index contributed by atoms with van der Waals surface area (Å²) in [6, 6.07) is 0. The maximum atomic E-state index is 14.2. The number of aliphatic imine (C=N–C) groups is 2. The van der Waals surface area contributed by atoms with E-state index in [-0.39, 0.29) is 24.6 Å². The van der Waals surface area contributed by atoms with Crippen LogP contribution in [0.3, 0.4) is 0 Å². The predicted molar refractivity (Wildman–Crippen MR) is 115 cm³/mol. The van der Waals surface area contributed by atoms with Crippen LogP contribution in [0.25, 0.3) is 0 Å². The Hall–Kier alpha value is -2.87. The van der Waals surface area contributed by atoms with E-state index >= 15 is 0 Å². The zero-order valence-electron chi connectivity index (χ0n) is 16.1. The second kappa shape index (κ2) is 9.09. The lowest BCUT2D eigenvalue weighted by atomic mass is 10.0. The molecule has 0 spiro atoms. The Morgan fingerprint density at radius 3 is 1.94 bits per heavy atom. The highest BCUT2D eigenvalue weighted by Crippen LogP contribution is 2.23. The van der Waals surface area contributed by atoms with Crippen molar-refractivity contribution in [3.05, 3.63) is 58.3 Å². The number of allylic oxidation sites excluding steroid dienone is 6. The fraction of sp³-hybridized carbons (Fsp3) is 0.222. The quantitative estimate of drug-likeness (QED) is 0.685. The van der Waals surface area contributed by atoms with E-state index in [1.54, 1.807) is 24.3 Å². The van der Waals surface area contributed by atoms with E-state index in [2.05, 4.69) is 20.0 Å². The Balaban J connectivity index is 1.88. The van der Waals surface area contributed by atoms with Gasteiger partial charge in [-0.25, -0.2) is 46.5 Å². The molecule has 10 nitrogen and oxygen atoms in total. The number of nitrogens with two attached hydrogens (primary N) is 2. The van der Waals surface area contributed by atoms with Gasteiger partial charge in [0, 0.05) is 35.1 Å². The van der Waals surface area contributed by atoms with Gasteiger partial charge in [0.05, 0.1) is 6.20 Å². The van der Waals surface area contributed by atoms with Crippen molar-refractivity contribution >= 4 is 43.2 Å². The van der Waals surface area contributed by atoms with Gasteiger partial charge in [-0.15, -0.1) is 0 Å². The Morgan fingerprint density at radius 2 is 1.42 bits per heavy atom. The van der Waals surface area contributed by atoms with Gasteiger partial charge in [-0.1, -0.05) is 12.2 Å². The van der Waals surface area contributed by atoms with E-state index in [1.165, 1.54) is 0 Å². The average Bonchev–Trinajstić information content (AvgIpc) is 2.62. The molecule has 0 bridgehead atoms. The molecule has 1 aromatic heterocycles. The van der Waals surface area contributed by atoms with Crippen molar-refractivity contribution in [3.63, 3.8) is 0 Å². The normalized spacial score (nSPS) is 22.7. The van der Waals surface area contributed by atoms with Gasteiger partial charge < -0.3 is 0 Å². The molecule has 3 rings (SSSR count). The van der Waals surface area contributed by atoms with Crippen molar-refractivity contribution in [2.45, 2.75) is 25.7 Å². The first-order chi connectivity index (χ1) is 14.5. The molecule has 2 aliphatic rings. The van der Waals surface area contributed by atoms with Gasteiger partial charge in [0.25, 0.3) is 5.95 Å². The monoisotopic (exact) mass is 466 g/mol. The van der Waals surface area contributed by atoms with Gasteiger partial charge in [0.2, 0.25) is 20.0 Å². The summed E-state index contributed by atoms with van der Waals surface area (Å²) in [4.78, 5) is 16.2. The Morgan fingerprint density at radius 1 is 0.903 bits per heavy atom. The van der Waals surface area contributed by atoms with Crippen LogP contribution in [0, 0.1) is 5.82 Å². The number of hydrogen-bond donors (Lipinski definition) is 2. The van der Waals surface area contributed by atoms with Crippen LogP contribution in [0.4, 0.5) is 16.2 Å². The molecule has 0 fully saturated rings. The molecule has 1 aromatic rings. The van der Waals surface area contributed by atoms with Crippen LogP contribution >= 0.6 is 0 Å². The Labute approximate surface area is 178 Å². The van der Waals surface area contributed by atoms with Gasteiger partial charge in [-0.2, -0.15) is 4.98 Å². The van der Waals surface area contributed by atoms with E-state index in [9.17, 15) is 21.2 Å². The third-order valence-electron chi connectivity index (χ3n) is 4.06. The highest BCUT2D eigenvalue weighted by Gasteiger charge is 2.14. The highest BCUT2D eigenvalue weighted by atomic mass is 32.2. The van der Waals surface area contributed by atoms with Crippen LogP contribution in [0.1, 0.15) is 25.7 Å². The molecule has 0 aliphatic heterocycles. The van der Waals surface area contributed by atoms with E-state index < -0.39 is 25.9 Å². The van der Waals surface area contributed by atoms with Crippen LogP contribution in [-0.4, -0.2) is 38.2 Å². The molecule has 2 aliphatic carbocycles. The SMILES string of the molecule is NS(=O)(=O)C=C1CC=CC(=Nc2ncc(F)c(N=C3C=CCC(=CS(N)(=O)=O)C3)n2)C1. The number of nitrogens with zero attached hydrogens (tertiary/aromatic N) is 4. The summed E-state index contributed by atoms with van der Waals surface area (Å²) < 4.78 is 59.2. The lowest BCUT2D eigenvalue weighted by molar-refractivity contribution is 0.604. The average molecular weight is 467 g/mol. The molecule has 4 N–H and O–H groups in total. The third-order valence-corrected chi connectivity index (χ3v) is 5.39. The van der Waals surface area contributed by atoms with Crippen LogP contribution in [0.5, 0.6) is 0 Å². The second-order valence-corrected chi connectivity index (χ2v) is 9.67. The molecule has 13 heteroatoms. The molecule has 31 heavy (non-hydrogen) atoms. The molecule has 0 aromatic carbocycles. The molecule has 0 unspecified atom stereocenters. The first-order valence-electron chi connectivity index (χ1n) is 8.92. The summed E-state index contributed by atoms with van der Waals surface area (Å²) in [6.07, 6.45) is 8.86. The van der Waals surface area contributed by atoms with E-state index in [4.69, 9.17) is 10.3 Å². The first kappa shape index (κ1) is 22.8. The number of primary sulfonamides is 2. The lowest BCUT2D eigenvalue weighted by Crippen LogP contribution is -2.11. The molecular weight excluding hydrogens is 447 g/mol. The minimum absolute atomic E-state index is 0.0580. The minimum Gasteiger partial charge on any atom is -0.231 e. The topological polar surface area (TPSA) is 171 Å². The minimum atomic E-state index is -3.79. The largest absolute Gasteiger partial charge is 0.251 e. The molecule has 0 saturated carbocycles. The van der Waals surface area contributed by atoms with Crippen LogP contribution in [0.15, 0.2) is 62.4 Å². The second-order valence-electron chi connectivity index (χ2n) is 6.84. The van der Waals surface area contributed by atoms with Crippen LogP contribution < -0.4 is 10.3 Å². The molecule has 0 radical (unpaired) electrons. The zero-order valence-corrected chi connectivity index (χ0v) is 17.8. The molecule has 164 valence electrons. The van der Waals surface area contributed by atoms with E-state index in [0.717, 1.165) is 17.0 Å². The van der Waals surface area contributed by atoms with Crippen LogP contribution in [-0.2, 0) is 20.0 Å². The number of aromatic nitrogens is 2. The molecular formula is C18H19FN6O4S2. The van der Waals surface area contributed by atoms with Crippen molar-refractivity contribution in [3.8, 4) is 0 Å². The van der Waals surface area contributed by atoms with Crippen molar-refractivity contribution in [2.24, 2.45) is 20.3 Å². The number of sulfonamides is 2. The van der Waals surface area contributed by atoms with Crippen LogP contribution in [0.2, 0.25) is 0 Å². The lowest BCUT2D eigenvalue weighted by Gasteiger charge is -2.11. The van der Waals surface area contributed by atoms with Gasteiger partial charge >= 0.3 is 0 Å². The fourth-order valence-electron chi connectivity index (χ4n) is 2.96. The number of rotatable bonds is 4. The standard InChI is InChI=1S/C18H19FN6O4S2/c19-16-9-22-18(24-15-6-2-4-13(8-15)11-31(21,28)29)25-17(16)23-14-5-1-3-12(7-14)10-30(20,26)27/h1-2,5-6,9-11H,3-4,7-8H2,(H2,20,26,27)(H2,21,28,29). The molecule has 1 heterocycles. The predicted octanol–water partition coefficient (Wildman–Crippen LogP) is 1.81. The summed E-state index contributed by atoms with van der Waals surface area (Å²) in [6.45, 7) is 0. The number of hydrogen-bond acceptors (Lipinski definition) is 8. The Bertz CT molecular complexity index is 1290. The first-order valence-corrected chi connectivity index (χ1v) is 12.1. The van der Waals surface area contributed by atoms with Gasteiger partial charge in [0.15, 0.2) is 11.6 Å². The van der Waals surface area contributed by atoms with Crippen molar-refractivity contribution in [1.29, 1.82) is 0 Å². The maximum Gasteiger partial charge on any atom is 0.251 e.